The molecule has 1 aromatic carbocycles. The maximum atomic E-state index is 12.6. The molecule has 1 spiro atoms. The Balaban J connectivity index is 1.57. The Morgan fingerprint density at radius 1 is 1.29 bits per heavy atom. The van der Waals surface area contributed by atoms with E-state index in [1.165, 1.54) is 5.56 Å². The zero-order valence-corrected chi connectivity index (χ0v) is 13.5. The van der Waals surface area contributed by atoms with Crippen molar-refractivity contribution >= 4 is 18.0 Å². The van der Waals surface area contributed by atoms with E-state index >= 15 is 0 Å². The highest BCUT2D eigenvalue weighted by Gasteiger charge is 2.44. The first-order valence-electron chi connectivity index (χ1n) is 8.05. The maximum Gasteiger partial charge on any atom is 0.512 e. The van der Waals surface area contributed by atoms with E-state index in [0.717, 1.165) is 6.42 Å². The van der Waals surface area contributed by atoms with Crippen molar-refractivity contribution in [1.29, 1.82) is 0 Å². The van der Waals surface area contributed by atoms with Crippen LogP contribution in [0, 0.1) is 0 Å². The Morgan fingerprint density at radius 2 is 1.96 bits per heavy atom. The largest absolute Gasteiger partial charge is 0.512 e. The maximum absolute atomic E-state index is 12.6. The van der Waals surface area contributed by atoms with Crippen LogP contribution in [0.3, 0.4) is 0 Å². The van der Waals surface area contributed by atoms with E-state index in [-0.39, 0.29) is 11.8 Å². The summed E-state index contributed by atoms with van der Waals surface area (Å²) in [6, 6.07) is 7.67. The van der Waals surface area contributed by atoms with Gasteiger partial charge in [-0.15, -0.1) is 0 Å². The first-order chi connectivity index (χ1) is 11.5. The van der Waals surface area contributed by atoms with E-state index < -0.39 is 11.8 Å². The van der Waals surface area contributed by atoms with E-state index in [1.807, 2.05) is 24.3 Å². The monoisotopic (exact) mass is 332 g/mol. The van der Waals surface area contributed by atoms with Gasteiger partial charge < -0.3 is 19.6 Å². The fraction of sp³-hybridized carbons (Fsp3) is 0.471. The number of amides is 1. The summed E-state index contributed by atoms with van der Waals surface area (Å²) in [5.74, 6) is 0.0888. The number of benzene rings is 1. The number of likely N-dealkylation sites (tertiary alicyclic amines) is 1. The standard InChI is InChI=1S/C17H20N2O5/c1-2-12-3-5-13(6-4-12)15(20)19-9-7-17(8-10-19)11-14(18-24-17)23-16(21)22/h3-6H,2,7-11H2,1H3,(H,21,22). The molecule has 1 aromatic rings. The van der Waals surface area contributed by atoms with Gasteiger partial charge in [-0.2, -0.15) is 0 Å². The Morgan fingerprint density at radius 3 is 2.54 bits per heavy atom. The summed E-state index contributed by atoms with van der Waals surface area (Å²) in [5, 5.41) is 12.3. The lowest BCUT2D eigenvalue weighted by molar-refractivity contribution is -0.0568. The fourth-order valence-corrected chi connectivity index (χ4v) is 3.09. The number of nitrogens with zero attached hydrogens (tertiary/aromatic N) is 2. The first kappa shape index (κ1) is 16.3. The van der Waals surface area contributed by atoms with Gasteiger partial charge in [0, 0.05) is 31.5 Å². The van der Waals surface area contributed by atoms with Crippen molar-refractivity contribution in [2.45, 2.75) is 38.2 Å². The van der Waals surface area contributed by atoms with Gasteiger partial charge in [0.15, 0.2) is 0 Å². The SMILES string of the molecule is CCc1ccc(C(=O)N2CCC3(CC2)CC(OC(=O)O)=NO3)cc1. The summed E-state index contributed by atoms with van der Waals surface area (Å²) in [6.07, 6.45) is 1.08. The molecule has 0 saturated carbocycles. The number of carbonyl (C=O) groups excluding carboxylic acids is 1. The molecule has 0 unspecified atom stereocenters. The molecule has 0 radical (unpaired) electrons. The second-order valence-electron chi connectivity index (χ2n) is 6.15. The molecule has 0 bridgehead atoms. The van der Waals surface area contributed by atoms with Gasteiger partial charge in [0.1, 0.15) is 5.60 Å². The zero-order chi connectivity index (χ0) is 17.2. The van der Waals surface area contributed by atoms with Crippen molar-refractivity contribution in [2.24, 2.45) is 5.16 Å². The Labute approximate surface area is 139 Å². The van der Waals surface area contributed by atoms with Crippen molar-refractivity contribution in [3.63, 3.8) is 0 Å². The molecule has 1 N–H and O–H groups in total. The van der Waals surface area contributed by atoms with Gasteiger partial charge in [-0.1, -0.05) is 24.2 Å². The molecule has 2 heterocycles. The molecule has 0 aromatic heterocycles. The highest BCUT2D eigenvalue weighted by atomic mass is 16.7. The van der Waals surface area contributed by atoms with Gasteiger partial charge in [-0.25, -0.2) is 4.79 Å². The second kappa shape index (κ2) is 6.51. The second-order valence-corrected chi connectivity index (χ2v) is 6.15. The molecule has 1 amide bonds. The van der Waals surface area contributed by atoms with Crippen LogP contribution in [0.1, 0.15) is 42.1 Å². The first-order valence-corrected chi connectivity index (χ1v) is 8.05. The minimum Gasteiger partial charge on any atom is -0.449 e. The molecule has 1 saturated heterocycles. The molecule has 7 nitrogen and oxygen atoms in total. The average Bonchev–Trinajstić information content (AvgIpc) is 2.96. The lowest BCUT2D eigenvalue weighted by Gasteiger charge is -2.36. The van der Waals surface area contributed by atoms with E-state index in [4.69, 9.17) is 9.94 Å². The van der Waals surface area contributed by atoms with Gasteiger partial charge in [0.2, 0.25) is 5.90 Å². The topological polar surface area (TPSA) is 88.4 Å². The van der Waals surface area contributed by atoms with Crippen molar-refractivity contribution in [3.8, 4) is 0 Å². The predicted molar refractivity (Wildman–Crippen MR) is 85.9 cm³/mol. The predicted octanol–water partition coefficient (Wildman–Crippen LogP) is 2.65. The number of carboxylic acid groups (broad SMARTS) is 1. The van der Waals surface area contributed by atoms with Crippen molar-refractivity contribution in [3.05, 3.63) is 35.4 Å². The number of rotatable bonds is 2. The summed E-state index contributed by atoms with van der Waals surface area (Å²) in [7, 11) is 0. The molecule has 0 aliphatic carbocycles. The highest BCUT2D eigenvalue weighted by molar-refractivity contribution is 5.94. The van der Waals surface area contributed by atoms with Gasteiger partial charge in [0.05, 0.1) is 6.42 Å². The molecular weight excluding hydrogens is 312 g/mol. The molecule has 2 aliphatic heterocycles. The number of hydrogen-bond acceptors (Lipinski definition) is 5. The molecule has 7 heteroatoms. The van der Waals surface area contributed by atoms with Crippen molar-refractivity contribution in [2.75, 3.05) is 13.1 Å². The van der Waals surface area contributed by atoms with E-state index in [0.29, 0.717) is 37.9 Å². The third kappa shape index (κ3) is 3.34. The van der Waals surface area contributed by atoms with E-state index in [1.54, 1.807) is 4.90 Å². The molecule has 128 valence electrons. The van der Waals surface area contributed by atoms with E-state index in [9.17, 15) is 9.59 Å². The van der Waals surface area contributed by atoms with Crippen LogP contribution in [0.2, 0.25) is 0 Å². The zero-order valence-electron chi connectivity index (χ0n) is 13.5. The Kier molecular flexibility index (Phi) is 4.42. The summed E-state index contributed by atoms with van der Waals surface area (Å²) in [4.78, 5) is 30.3. The molecular formula is C17H20N2O5. The normalized spacial score (nSPS) is 18.9. The van der Waals surface area contributed by atoms with Crippen molar-refractivity contribution in [1.82, 2.24) is 4.90 Å². The number of oxime groups is 1. The van der Waals surface area contributed by atoms with Crippen molar-refractivity contribution < 1.29 is 24.3 Å². The number of piperidine rings is 1. The van der Waals surface area contributed by atoms with Gasteiger partial charge >= 0.3 is 6.16 Å². The van der Waals surface area contributed by atoms with Crippen LogP contribution in [0.25, 0.3) is 0 Å². The summed E-state index contributed by atoms with van der Waals surface area (Å²) >= 11 is 0. The molecule has 3 rings (SSSR count). The number of aryl methyl sites for hydroxylation is 1. The molecule has 24 heavy (non-hydrogen) atoms. The Bertz CT molecular complexity index is 660. The number of ether oxygens (including phenoxy) is 1. The number of hydrogen-bond donors (Lipinski definition) is 1. The fourth-order valence-electron chi connectivity index (χ4n) is 3.09. The molecule has 1 fully saturated rings. The average molecular weight is 332 g/mol. The quantitative estimate of drug-likeness (QED) is 0.841. The van der Waals surface area contributed by atoms with Crippen LogP contribution in [0.4, 0.5) is 4.79 Å². The minimum absolute atomic E-state index is 0.00780. The van der Waals surface area contributed by atoms with Crippen LogP contribution < -0.4 is 0 Å². The third-order valence-electron chi connectivity index (χ3n) is 4.59. The van der Waals surface area contributed by atoms with Crippen LogP contribution in [0.5, 0.6) is 0 Å². The lowest BCUT2D eigenvalue weighted by Crippen LogP contribution is -2.46. The van der Waals surface area contributed by atoms with Crippen LogP contribution in [0.15, 0.2) is 29.4 Å². The van der Waals surface area contributed by atoms with Crippen LogP contribution in [-0.4, -0.2) is 46.7 Å². The van der Waals surface area contributed by atoms with Gasteiger partial charge in [0.25, 0.3) is 5.91 Å². The summed E-state index contributed by atoms with van der Waals surface area (Å²) < 4.78 is 4.57. The smallest absolute Gasteiger partial charge is 0.449 e. The van der Waals surface area contributed by atoms with Crippen LogP contribution >= 0.6 is 0 Å². The van der Waals surface area contributed by atoms with E-state index in [2.05, 4.69) is 16.8 Å². The minimum atomic E-state index is -1.39. The summed E-state index contributed by atoms with van der Waals surface area (Å²) in [5.41, 5.74) is 1.33. The Hall–Kier alpha value is -2.57. The molecule has 0 atom stereocenters. The van der Waals surface area contributed by atoms with Gasteiger partial charge in [-0.3, -0.25) is 4.79 Å². The van der Waals surface area contributed by atoms with Gasteiger partial charge in [-0.05, 0) is 24.1 Å². The highest BCUT2D eigenvalue weighted by Crippen LogP contribution is 2.35. The van der Waals surface area contributed by atoms with Crippen LogP contribution in [-0.2, 0) is 16.0 Å². The summed E-state index contributed by atoms with van der Waals surface area (Å²) in [6.45, 7) is 3.17. The lowest BCUT2D eigenvalue weighted by atomic mass is 9.88. The number of carbonyl (C=O) groups is 2. The third-order valence-corrected chi connectivity index (χ3v) is 4.59. The molecule has 2 aliphatic rings.